The SMILES string of the molecule is CCCOc1cc(C)ccc1CN=C(N)NC1CCOc2ccccc21.I. The number of hydrogen-bond donors (Lipinski definition) is 2. The Balaban J connectivity index is 0.00000261. The van der Waals surface area contributed by atoms with Gasteiger partial charge in [0, 0.05) is 17.5 Å². The molecule has 2 aromatic rings. The molecule has 0 aromatic heterocycles. The van der Waals surface area contributed by atoms with Crippen LogP contribution in [0.2, 0.25) is 0 Å². The lowest BCUT2D eigenvalue weighted by Crippen LogP contribution is -2.37. The quantitative estimate of drug-likeness (QED) is 0.366. The molecule has 0 amide bonds. The molecule has 6 heteroatoms. The van der Waals surface area contributed by atoms with Gasteiger partial charge in [-0.2, -0.15) is 0 Å². The van der Waals surface area contributed by atoms with E-state index in [1.165, 1.54) is 5.56 Å². The van der Waals surface area contributed by atoms with Gasteiger partial charge in [0.15, 0.2) is 5.96 Å². The van der Waals surface area contributed by atoms with Crippen LogP contribution in [-0.2, 0) is 6.54 Å². The normalized spacial score (nSPS) is 15.9. The summed E-state index contributed by atoms with van der Waals surface area (Å²) in [6.07, 6.45) is 1.84. The van der Waals surface area contributed by atoms with Crippen molar-refractivity contribution in [2.75, 3.05) is 13.2 Å². The molecule has 0 saturated heterocycles. The molecule has 0 aliphatic carbocycles. The zero-order chi connectivity index (χ0) is 18.4. The Morgan fingerprint density at radius 1 is 1.30 bits per heavy atom. The number of benzene rings is 2. The molecule has 0 saturated carbocycles. The van der Waals surface area contributed by atoms with Crippen molar-refractivity contribution in [3.63, 3.8) is 0 Å². The van der Waals surface area contributed by atoms with Gasteiger partial charge >= 0.3 is 0 Å². The molecule has 3 N–H and O–H groups in total. The minimum atomic E-state index is 0. The number of rotatable bonds is 6. The highest BCUT2D eigenvalue weighted by molar-refractivity contribution is 14.0. The summed E-state index contributed by atoms with van der Waals surface area (Å²) < 4.78 is 11.5. The first-order chi connectivity index (χ1) is 12.7. The van der Waals surface area contributed by atoms with Crippen LogP contribution < -0.4 is 20.5 Å². The third-order valence-corrected chi connectivity index (χ3v) is 4.38. The van der Waals surface area contributed by atoms with E-state index in [2.05, 4.69) is 48.4 Å². The van der Waals surface area contributed by atoms with Crippen molar-refractivity contribution < 1.29 is 9.47 Å². The van der Waals surface area contributed by atoms with E-state index in [0.29, 0.717) is 25.7 Å². The summed E-state index contributed by atoms with van der Waals surface area (Å²) in [5.41, 5.74) is 9.49. The highest BCUT2D eigenvalue weighted by Crippen LogP contribution is 2.31. The Hall–Kier alpha value is -1.96. The van der Waals surface area contributed by atoms with Crippen molar-refractivity contribution in [2.45, 2.75) is 39.3 Å². The number of nitrogens with one attached hydrogen (secondary N) is 1. The predicted octanol–water partition coefficient (Wildman–Crippen LogP) is 4.33. The molecule has 1 unspecified atom stereocenters. The molecule has 146 valence electrons. The minimum absolute atomic E-state index is 0. The first-order valence-electron chi connectivity index (χ1n) is 9.18. The van der Waals surface area contributed by atoms with Crippen LogP contribution in [0.15, 0.2) is 47.5 Å². The van der Waals surface area contributed by atoms with Crippen LogP contribution in [0.3, 0.4) is 0 Å². The number of aliphatic imine (C=N–C) groups is 1. The van der Waals surface area contributed by atoms with Crippen LogP contribution >= 0.6 is 24.0 Å². The molecular formula is C21H28IN3O2. The molecule has 0 spiro atoms. The van der Waals surface area contributed by atoms with Crippen LogP contribution in [0, 0.1) is 6.92 Å². The zero-order valence-electron chi connectivity index (χ0n) is 15.9. The number of guanidine groups is 1. The van der Waals surface area contributed by atoms with Crippen LogP contribution in [0.4, 0.5) is 0 Å². The lowest BCUT2D eigenvalue weighted by Gasteiger charge is -2.27. The van der Waals surface area contributed by atoms with Gasteiger partial charge in [0.2, 0.25) is 0 Å². The topological polar surface area (TPSA) is 68.9 Å². The fourth-order valence-corrected chi connectivity index (χ4v) is 3.03. The molecule has 1 atom stereocenters. The lowest BCUT2D eigenvalue weighted by atomic mass is 10.0. The molecular weight excluding hydrogens is 453 g/mol. The first kappa shape index (κ1) is 21.3. The van der Waals surface area contributed by atoms with E-state index >= 15 is 0 Å². The van der Waals surface area contributed by atoms with E-state index in [0.717, 1.165) is 35.5 Å². The average Bonchev–Trinajstić information content (AvgIpc) is 2.66. The van der Waals surface area contributed by atoms with Crippen molar-refractivity contribution in [1.82, 2.24) is 5.32 Å². The lowest BCUT2D eigenvalue weighted by molar-refractivity contribution is 0.262. The van der Waals surface area contributed by atoms with Crippen molar-refractivity contribution in [3.05, 3.63) is 59.2 Å². The summed E-state index contributed by atoms with van der Waals surface area (Å²) in [5, 5.41) is 3.33. The summed E-state index contributed by atoms with van der Waals surface area (Å²) in [4.78, 5) is 4.52. The van der Waals surface area contributed by atoms with Gasteiger partial charge < -0.3 is 20.5 Å². The van der Waals surface area contributed by atoms with Gasteiger partial charge in [0.25, 0.3) is 0 Å². The van der Waals surface area contributed by atoms with E-state index in [1.807, 2.05) is 18.2 Å². The first-order valence-corrected chi connectivity index (χ1v) is 9.18. The van der Waals surface area contributed by atoms with Crippen LogP contribution in [0.5, 0.6) is 11.5 Å². The van der Waals surface area contributed by atoms with Gasteiger partial charge in [-0.1, -0.05) is 37.3 Å². The summed E-state index contributed by atoms with van der Waals surface area (Å²) in [5.74, 6) is 2.24. The van der Waals surface area contributed by atoms with Gasteiger partial charge in [-0.05, 0) is 31.0 Å². The number of nitrogens with two attached hydrogens (primary N) is 1. The molecule has 0 bridgehead atoms. The number of aryl methyl sites for hydroxylation is 1. The molecule has 1 aliphatic heterocycles. The number of hydrogen-bond acceptors (Lipinski definition) is 3. The summed E-state index contributed by atoms with van der Waals surface area (Å²) in [6.45, 7) is 6.02. The Kier molecular flexibility index (Phi) is 8.22. The van der Waals surface area contributed by atoms with Gasteiger partial charge in [-0.25, -0.2) is 4.99 Å². The monoisotopic (exact) mass is 481 g/mol. The van der Waals surface area contributed by atoms with Gasteiger partial charge in [0.05, 0.1) is 25.8 Å². The Labute approximate surface area is 178 Å². The average molecular weight is 481 g/mol. The number of fused-ring (bicyclic) bond motifs is 1. The second-order valence-electron chi connectivity index (χ2n) is 6.53. The standard InChI is InChI=1S/C21H27N3O2.HI/c1-3-11-25-20-13-15(2)8-9-16(20)14-23-21(22)24-18-10-12-26-19-7-5-4-6-17(18)19;/h4-9,13,18H,3,10-12,14H2,1-2H3,(H3,22,23,24);1H. The Morgan fingerprint density at radius 3 is 2.93 bits per heavy atom. The largest absolute Gasteiger partial charge is 0.493 e. The van der Waals surface area contributed by atoms with E-state index in [-0.39, 0.29) is 30.0 Å². The molecule has 5 nitrogen and oxygen atoms in total. The summed E-state index contributed by atoms with van der Waals surface area (Å²) in [7, 11) is 0. The minimum Gasteiger partial charge on any atom is -0.493 e. The third-order valence-electron chi connectivity index (χ3n) is 4.38. The Morgan fingerprint density at radius 2 is 2.11 bits per heavy atom. The zero-order valence-corrected chi connectivity index (χ0v) is 18.2. The number of nitrogens with zero attached hydrogens (tertiary/aromatic N) is 1. The van der Waals surface area contributed by atoms with Gasteiger partial charge in [-0.15, -0.1) is 24.0 Å². The van der Waals surface area contributed by atoms with E-state index in [9.17, 15) is 0 Å². The molecule has 0 radical (unpaired) electrons. The summed E-state index contributed by atoms with van der Waals surface area (Å²) >= 11 is 0. The second-order valence-corrected chi connectivity index (χ2v) is 6.53. The molecule has 27 heavy (non-hydrogen) atoms. The van der Waals surface area contributed by atoms with Crippen LogP contribution in [0.1, 0.15) is 42.5 Å². The van der Waals surface area contributed by atoms with Crippen molar-refractivity contribution >= 4 is 29.9 Å². The Bertz CT molecular complexity index is 780. The smallest absolute Gasteiger partial charge is 0.189 e. The van der Waals surface area contributed by atoms with Crippen molar-refractivity contribution in [1.29, 1.82) is 0 Å². The number of ether oxygens (including phenoxy) is 2. The van der Waals surface area contributed by atoms with Crippen LogP contribution in [0.25, 0.3) is 0 Å². The molecule has 1 aliphatic rings. The maximum Gasteiger partial charge on any atom is 0.189 e. The third kappa shape index (κ3) is 5.76. The predicted molar refractivity (Wildman–Crippen MR) is 120 cm³/mol. The maximum atomic E-state index is 6.15. The van der Waals surface area contributed by atoms with Gasteiger partial charge in [-0.3, -0.25) is 0 Å². The second kappa shape index (κ2) is 10.4. The number of halogens is 1. The fraction of sp³-hybridized carbons (Fsp3) is 0.381. The maximum absolute atomic E-state index is 6.15. The highest BCUT2D eigenvalue weighted by Gasteiger charge is 2.21. The van der Waals surface area contributed by atoms with E-state index in [4.69, 9.17) is 15.2 Å². The summed E-state index contributed by atoms with van der Waals surface area (Å²) in [6, 6.07) is 14.3. The highest BCUT2D eigenvalue weighted by atomic mass is 127. The molecule has 1 heterocycles. The van der Waals surface area contributed by atoms with E-state index in [1.54, 1.807) is 0 Å². The van der Waals surface area contributed by atoms with E-state index < -0.39 is 0 Å². The van der Waals surface area contributed by atoms with Gasteiger partial charge in [0.1, 0.15) is 11.5 Å². The fourth-order valence-electron chi connectivity index (χ4n) is 3.03. The molecule has 0 fully saturated rings. The molecule has 2 aromatic carbocycles. The van der Waals surface area contributed by atoms with Crippen molar-refractivity contribution in [2.24, 2.45) is 10.7 Å². The van der Waals surface area contributed by atoms with Crippen molar-refractivity contribution in [3.8, 4) is 11.5 Å². The van der Waals surface area contributed by atoms with Crippen LogP contribution in [-0.4, -0.2) is 19.2 Å². The molecule has 3 rings (SSSR count). The number of para-hydroxylation sites is 1.